The number of aliphatic imine (C=N–C) groups is 2. The summed E-state index contributed by atoms with van der Waals surface area (Å²) in [7, 11) is 0. The van der Waals surface area contributed by atoms with E-state index in [1.165, 1.54) is 6.92 Å². The molecule has 0 aliphatic rings. The average Bonchev–Trinajstić information content (AvgIpc) is 2.25. The van der Waals surface area contributed by atoms with Gasteiger partial charge in [-0.25, -0.2) is 9.98 Å². The fourth-order valence-electron chi connectivity index (χ4n) is 1.17. The smallest absolute Gasteiger partial charge is 0.222 e. The molecule has 5 heteroatoms. The topological polar surface area (TPSA) is 66.7 Å². The van der Waals surface area contributed by atoms with Crippen molar-refractivity contribution in [3.05, 3.63) is 23.9 Å². The molecule has 1 N–H and O–H groups in total. The van der Waals surface area contributed by atoms with Crippen LogP contribution in [0.25, 0.3) is 0 Å². The number of amides is 1. The van der Waals surface area contributed by atoms with E-state index in [0.717, 1.165) is 0 Å². The molecule has 0 spiro atoms. The molecule has 1 aromatic heterocycles. The molecule has 16 heavy (non-hydrogen) atoms. The number of amidine groups is 1. The van der Waals surface area contributed by atoms with Crippen LogP contribution in [-0.4, -0.2) is 30.0 Å². The average molecular weight is 218 g/mol. The van der Waals surface area contributed by atoms with E-state index >= 15 is 0 Å². The Kier molecular flexibility index (Phi) is 4.32. The quantitative estimate of drug-likeness (QED) is 0.617. The molecule has 5 nitrogen and oxygen atoms in total. The summed E-state index contributed by atoms with van der Waals surface area (Å²) in [6.07, 6.45) is 0. The van der Waals surface area contributed by atoms with Crippen molar-refractivity contribution >= 4 is 24.3 Å². The summed E-state index contributed by atoms with van der Waals surface area (Å²) in [5.41, 5.74) is 0.600. The maximum absolute atomic E-state index is 10.9. The van der Waals surface area contributed by atoms with Gasteiger partial charge in [0.15, 0.2) is 5.84 Å². The van der Waals surface area contributed by atoms with Crippen LogP contribution in [-0.2, 0) is 4.79 Å². The third kappa shape index (κ3) is 3.27. The molecule has 0 aliphatic carbocycles. The zero-order valence-corrected chi connectivity index (χ0v) is 9.40. The van der Waals surface area contributed by atoms with Crippen LogP contribution in [0.15, 0.2) is 28.2 Å². The summed E-state index contributed by atoms with van der Waals surface area (Å²) < 4.78 is 0. The number of nitrogens with zero attached hydrogens (tertiary/aromatic N) is 3. The number of pyridine rings is 1. The Balaban J connectivity index is 3.01. The second kappa shape index (κ2) is 5.75. The molecule has 0 aliphatic heterocycles. The van der Waals surface area contributed by atoms with Gasteiger partial charge in [0.05, 0.1) is 0 Å². The van der Waals surface area contributed by atoms with Gasteiger partial charge in [0, 0.05) is 13.5 Å². The van der Waals surface area contributed by atoms with Crippen molar-refractivity contribution in [1.82, 2.24) is 4.98 Å². The van der Waals surface area contributed by atoms with E-state index in [-0.39, 0.29) is 5.91 Å². The number of hydrogen-bond donors (Lipinski definition) is 1. The van der Waals surface area contributed by atoms with Gasteiger partial charge in [0.25, 0.3) is 0 Å². The highest BCUT2D eigenvalue weighted by Crippen LogP contribution is 2.06. The zero-order chi connectivity index (χ0) is 12.0. The molecular formula is C11H14N4O. The normalized spacial score (nSPS) is 11.0. The number of anilines is 1. The third-order valence-corrected chi connectivity index (χ3v) is 1.74. The molecule has 1 heterocycles. The predicted molar refractivity (Wildman–Crippen MR) is 65.2 cm³/mol. The first-order valence-electron chi connectivity index (χ1n) is 4.93. The summed E-state index contributed by atoms with van der Waals surface area (Å²) in [6, 6.07) is 5.26. The number of aromatic nitrogens is 1. The summed E-state index contributed by atoms with van der Waals surface area (Å²) in [5, 5.41) is 2.60. The number of nitrogens with one attached hydrogen (secondary N) is 1. The van der Waals surface area contributed by atoms with Gasteiger partial charge < -0.3 is 5.32 Å². The Morgan fingerprint density at radius 2 is 2.31 bits per heavy atom. The van der Waals surface area contributed by atoms with Crippen LogP contribution in [0.4, 0.5) is 5.82 Å². The largest absolute Gasteiger partial charge is 0.311 e. The first-order valence-corrected chi connectivity index (χ1v) is 4.93. The summed E-state index contributed by atoms with van der Waals surface area (Å²) in [6.45, 7) is 7.39. The SMILES string of the molecule is C=NC(=NCC)c1cccc(NC(C)=O)n1. The number of hydrogen-bond acceptors (Lipinski definition) is 3. The highest BCUT2D eigenvalue weighted by Gasteiger charge is 2.04. The first-order chi connectivity index (χ1) is 7.67. The Hall–Kier alpha value is -2.04. The fourth-order valence-corrected chi connectivity index (χ4v) is 1.17. The lowest BCUT2D eigenvalue weighted by atomic mass is 10.3. The predicted octanol–water partition coefficient (Wildman–Crippen LogP) is 1.51. The van der Waals surface area contributed by atoms with Crippen molar-refractivity contribution in [2.24, 2.45) is 9.98 Å². The van der Waals surface area contributed by atoms with E-state index in [9.17, 15) is 4.79 Å². The molecule has 0 fully saturated rings. The maximum Gasteiger partial charge on any atom is 0.222 e. The van der Waals surface area contributed by atoms with E-state index in [0.29, 0.717) is 23.9 Å². The molecule has 1 aromatic rings. The zero-order valence-electron chi connectivity index (χ0n) is 9.40. The minimum atomic E-state index is -0.162. The van der Waals surface area contributed by atoms with Gasteiger partial charge in [-0.15, -0.1) is 0 Å². The highest BCUT2D eigenvalue weighted by atomic mass is 16.1. The minimum absolute atomic E-state index is 0.162. The second-order valence-electron chi connectivity index (χ2n) is 3.05. The van der Waals surface area contributed by atoms with Crippen LogP contribution < -0.4 is 5.32 Å². The Labute approximate surface area is 94.3 Å². The van der Waals surface area contributed by atoms with Crippen LogP contribution in [0.2, 0.25) is 0 Å². The third-order valence-electron chi connectivity index (χ3n) is 1.74. The van der Waals surface area contributed by atoms with Crippen molar-refractivity contribution < 1.29 is 4.79 Å². The molecule has 0 saturated carbocycles. The van der Waals surface area contributed by atoms with Crippen LogP contribution in [0, 0.1) is 0 Å². The molecular weight excluding hydrogens is 204 g/mol. The van der Waals surface area contributed by atoms with E-state index in [2.05, 4.69) is 27.0 Å². The lowest BCUT2D eigenvalue weighted by Crippen LogP contribution is -2.09. The van der Waals surface area contributed by atoms with Crippen molar-refractivity contribution in [2.45, 2.75) is 13.8 Å². The van der Waals surface area contributed by atoms with E-state index in [1.54, 1.807) is 18.2 Å². The van der Waals surface area contributed by atoms with Crippen LogP contribution >= 0.6 is 0 Å². The minimum Gasteiger partial charge on any atom is -0.311 e. The molecule has 0 bridgehead atoms. The summed E-state index contributed by atoms with van der Waals surface area (Å²) >= 11 is 0. The molecule has 0 aromatic carbocycles. The summed E-state index contributed by atoms with van der Waals surface area (Å²) in [4.78, 5) is 23.0. The van der Waals surface area contributed by atoms with Crippen LogP contribution in [0.3, 0.4) is 0 Å². The van der Waals surface area contributed by atoms with Gasteiger partial charge in [0.2, 0.25) is 5.91 Å². The standard InChI is InChI=1S/C11H14N4O/c1-4-13-11(12-3)9-6-5-7-10(15-9)14-8(2)16/h5-7H,3-4H2,1-2H3,(H,14,15,16). The Bertz CT molecular complexity index is 426. The molecule has 1 amide bonds. The second-order valence-corrected chi connectivity index (χ2v) is 3.05. The Morgan fingerprint density at radius 1 is 1.56 bits per heavy atom. The van der Waals surface area contributed by atoms with Crippen molar-refractivity contribution in [1.29, 1.82) is 0 Å². The number of carbonyl (C=O) groups is 1. The van der Waals surface area contributed by atoms with Gasteiger partial charge in [-0.1, -0.05) is 6.07 Å². The molecule has 84 valence electrons. The van der Waals surface area contributed by atoms with E-state index in [1.807, 2.05) is 6.92 Å². The summed E-state index contributed by atoms with van der Waals surface area (Å²) in [5.74, 6) is 0.803. The van der Waals surface area contributed by atoms with Crippen molar-refractivity contribution in [2.75, 3.05) is 11.9 Å². The molecule has 0 saturated heterocycles. The number of carbonyl (C=O) groups excluding carboxylic acids is 1. The van der Waals surface area contributed by atoms with Crippen molar-refractivity contribution in [3.8, 4) is 0 Å². The van der Waals surface area contributed by atoms with Gasteiger partial charge in [-0.05, 0) is 25.8 Å². The fraction of sp³-hybridized carbons (Fsp3) is 0.273. The molecule has 0 atom stereocenters. The van der Waals surface area contributed by atoms with Gasteiger partial charge in [0.1, 0.15) is 11.5 Å². The molecule has 1 rings (SSSR count). The van der Waals surface area contributed by atoms with Gasteiger partial charge >= 0.3 is 0 Å². The van der Waals surface area contributed by atoms with Crippen molar-refractivity contribution in [3.63, 3.8) is 0 Å². The molecule has 0 unspecified atom stereocenters. The lowest BCUT2D eigenvalue weighted by molar-refractivity contribution is -0.114. The van der Waals surface area contributed by atoms with Crippen LogP contribution in [0.5, 0.6) is 0 Å². The Morgan fingerprint density at radius 3 is 2.88 bits per heavy atom. The first kappa shape index (κ1) is 12.0. The number of rotatable bonds is 3. The van der Waals surface area contributed by atoms with E-state index < -0.39 is 0 Å². The lowest BCUT2D eigenvalue weighted by Gasteiger charge is -2.03. The monoisotopic (exact) mass is 218 g/mol. The van der Waals surface area contributed by atoms with Crippen LogP contribution in [0.1, 0.15) is 19.5 Å². The highest BCUT2D eigenvalue weighted by molar-refractivity contribution is 6.00. The van der Waals surface area contributed by atoms with Gasteiger partial charge in [-0.2, -0.15) is 0 Å². The van der Waals surface area contributed by atoms with E-state index in [4.69, 9.17) is 0 Å². The molecule has 0 radical (unpaired) electrons. The van der Waals surface area contributed by atoms with Gasteiger partial charge in [-0.3, -0.25) is 9.79 Å². The maximum atomic E-state index is 10.9.